The van der Waals surface area contributed by atoms with Crippen molar-refractivity contribution in [1.29, 1.82) is 0 Å². The minimum absolute atomic E-state index is 0.00640. The van der Waals surface area contributed by atoms with Crippen molar-refractivity contribution >= 4 is 47.8 Å². The monoisotopic (exact) mass is 2000 g/mol. The van der Waals surface area contributed by atoms with Gasteiger partial charge in [-0.05, 0) is 358 Å². The summed E-state index contributed by atoms with van der Waals surface area (Å²) in [6, 6.07) is 23.7. The molecule has 12 N–H and O–H groups in total. The summed E-state index contributed by atoms with van der Waals surface area (Å²) >= 11 is 0. The first-order valence-corrected chi connectivity index (χ1v) is 54.9. The van der Waals surface area contributed by atoms with Crippen molar-refractivity contribution in [2.45, 2.75) is 408 Å². The van der Waals surface area contributed by atoms with E-state index in [-0.39, 0.29) is 124 Å². The molecule has 12 aliphatic rings. The molecule has 0 bridgehead atoms. The zero-order valence-electron chi connectivity index (χ0n) is 85.2. The summed E-state index contributed by atoms with van der Waals surface area (Å²) in [6.45, 7) is 8.08. The quantitative estimate of drug-likeness (QED) is 0.0111. The zero-order valence-corrected chi connectivity index (χ0v) is 85.2. The van der Waals surface area contributed by atoms with Crippen LogP contribution in [0.25, 0.3) is 0 Å². The maximum absolute atomic E-state index is 12.4. The summed E-state index contributed by atoms with van der Waals surface area (Å²) in [4.78, 5) is 93.4. The number of hydrogen-bond donors (Lipinski definition) is 12. The normalized spacial score (nSPS) is 27.6. The Hall–Kier alpha value is -8.48. The van der Waals surface area contributed by atoms with E-state index in [0.29, 0.717) is 129 Å². The summed E-state index contributed by atoms with van der Waals surface area (Å²) in [7, 11) is 0. The highest BCUT2D eigenvalue weighted by Crippen LogP contribution is 2.55. The van der Waals surface area contributed by atoms with Crippen molar-refractivity contribution in [3.8, 4) is 23.0 Å². The SMILES string of the molecule is CCCCC[C@H](O)CC[C@@H]1[C@H]2Cc3cccc(OCC(=O)OC4(C(=O)O)CC4)c3C[C@H]2C[C@H]1O.CCCCC[C@H](O)CC[C@@H]1[C@H]2Cc3cccc(OCC(=O)OC4(CC(=O)O)CC4)c3C[C@H]2C[C@H]1O.CCCCC[C@H](O)CC[C@@H]1[C@H]2Cc3cccc(OCC(=O)OC4(CCC(=O)O)CC4)c3C[C@H]2C[C@H]1O.CCCCC[C@H](O)CC[C@@H]1[C@H]2Cc3cccc(OCC(=O)OCC4CCC(C(=O)O)CC4)c3C[C@H]2C[C@H]1O. The number of esters is 4. The third-order valence-corrected chi connectivity index (χ3v) is 34.3. The van der Waals surface area contributed by atoms with Gasteiger partial charge in [-0.25, -0.2) is 24.0 Å². The van der Waals surface area contributed by atoms with Crippen molar-refractivity contribution in [1.82, 2.24) is 0 Å². The Balaban J connectivity index is 0.000000160. The Morgan fingerprint density at radius 1 is 0.357 bits per heavy atom. The van der Waals surface area contributed by atoms with Crippen molar-refractivity contribution in [3.05, 3.63) is 117 Å². The first-order valence-electron chi connectivity index (χ1n) is 54.9. The van der Waals surface area contributed by atoms with Crippen LogP contribution in [0.4, 0.5) is 0 Å². The van der Waals surface area contributed by atoms with Crippen LogP contribution < -0.4 is 18.9 Å². The molecule has 4 aromatic rings. The number of carboxylic acid groups (broad SMARTS) is 4. The Morgan fingerprint density at radius 3 is 0.944 bits per heavy atom. The largest absolute Gasteiger partial charge is 0.482 e. The second-order valence-corrected chi connectivity index (χ2v) is 44.6. The van der Waals surface area contributed by atoms with Gasteiger partial charge in [0.15, 0.2) is 26.4 Å². The van der Waals surface area contributed by atoms with E-state index < -0.39 is 64.6 Å². The molecule has 8 saturated carbocycles. The number of benzene rings is 4. The van der Waals surface area contributed by atoms with E-state index in [9.17, 15) is 84.3 Å². The molecule has 12 aliphatic carbocycles. The molecule has 28 heteroatoms. The van der Waals surface area contributed by atoms with Gasteiger partial charge in [0.2, 0.25) is 5.60 Å². The Morgan fingerprint density at radius 2 is 0.664 bits per heavy atom. The number of rotatable bonds is 52. The summed E-state index contributed by atoms with van der Waals surface area (Å²) in [5.74, 6) is 0.834. The molecule has 0 aliphatic heterocycles. The van der Waals surface area contributed by atoms with Gasteiger partial charge >= 0.3 is 47.8 Å². The summed E-state index contributed by atoms with van der Waals surface area (Å²) < 4.78 is 45.0. The fourth-order valence-electron chi connectivity index (χ4n) is 25.6. The molecule has 0 heterocycles. The van der Waals surface area contributed by atoms with Crippen molar-refractivity contribution in [2.75, 3.05) is 33.0 Å². The maximum atomic E-state index is 12.4. The molecule has 0 amide bonds. The van der Waals surface area contributed by atoms with Gasteiger partial charge in [-0.2, -0.15) is 0 Å². The first-order chi connectivity index (χ1) is 68.8. The van der Waals surface area contributed by atoms with E-state index in [0.717, 1.165) is 272 Å². The van der Waals surface area contributed by atoms with Crippen LogP contribution in [0.2, 0.25) is 0 Å². The number of carbonyl (C=O) groups is 8. The number of hydrogen-bond acceptors (Lipinski definition) is 24. The standard InChI is InChI=1S/C31H46O7.C29H42O7.C28H40O7.C27H38O7/c1-2-3-4-7-24(32)13-14-25-26-15-22-6-5-8-29(27(22)16-23(26)17-28(25)33)37-19-30(34)38-18-20-9-11-21(12-10-20)31(35)36;1-2-3-4-7-21(30)9-10-22-23-15-19-6-5-8-26(24(19)16-20(23)17-25(22)31)35-18-28(34)36-29(13-14-29)12-11-27(32)33;1-2-3-4-7-20(29)9-10-21-22-13-18-6-5-8-25(23(18)14-19(22)15-24(21)30)34-17-27(33)35-28(11-12-28)16-26(31)32;1-2-3-4-7-19(28)9-10-20-21-13-17-6-5-8-24(22(17)14-18(21)15-23(20)29)33-16-25(30)34-27(11-12-27)26(31)32/h5-6,8,20-21,23-26,28,32-33H,2-4,7,9-19H2,1H3,(H,35,36);5-6,8,20-23,25,30-31H,2-4,7,9-18H2,1H3,(H,32,33);5-6,8,19-22,24,29-30H,2-4,7,9-17H2,1H3,(H,31,32);5-6,8,18-21,23,28-29H,2-4,7,9-16H2,1H3,(H,31,32)/t20?,21?,23-,24-,25+,26-,28+;20-,21-,22+,23-,25+;19-,20-,21+,22-,24+;18-,19-,20+,21-,23+/m0000/s1. The van der Waals surface area contributed by atoms with Crippen LogP contribution in [0.1, 0.15) is 335 Å². The van der Waals surface area contributed by atoms with Gasteiger partial charge in [0, 0.05) is 19.3 Å². The third-order valence-electron chi connectivity index (χ3n) is 34.3. The number of fused-ring (bicyclic) bond motifs is 8. The van der Waals surface area contributed by atoms with Gasteiger partial charge in [0.1, 0.15) is 34.2 Å². The van der Waals surface area contributed by atoms with E-state index in [1.165, 1.54) is 22.3 Å². The Kier molecular flexibility index (Phi) is 41.7. The summed E-state index contributed by atoms with van der Waals surface area (Å²) in [5, 5.41) is 121. The molecule has 0 saturated heterocycles. The van der Waals surface area contributed by atoms with Crippen LogP contribution in [-0.4, -0.2) is 208 Å². The highest BCUT2D eigenvalue weighted by Gasteiger charge is 2.56. The average Bonchev–Trinajstić information content (AvgIpc) is 1.66. The van der Waals surface area contributed by atoms with E-state index in [1.54, 1.807) is 0 Å². The number of aliphatic hydroxyl groups excluding tert-OH is 8. The lowest BCUT2D eigenvalue weighted by Crippen LogP contribution is -2.31. The first kappa shape index (κ1) is 112. The molecule has 794 valence electrons. The highest BCUT2D eigenvalue weighted by atomic mass is 16.6. The molecule has 0 unspecified atom stereocenters. The minimum Gasteiger partial charge on any atom is -0.482 e. The molecule has 8 fully saturated rings. The molecule has 28 nitrogen and oxygen atoms in total. The maximum Gasteiger partial charge on any atom is 0.348 e. The molecule has 16 rings (SSSR count). The topological polar surface area (TPSA) is 453 Å². The lowest BCUT2D eigenvalue weighted by molar-refractivity contribution is -0.168. The van der Waals surface area contributed by atoms with Gasteiger partial charge in [-0.1, -0.05) is 153 Å². The zero-order chi connectivity index (χ0) is 102. The highest BCUT2D eigenvalue weighted by molar-refractivity contribution is 5.85. The van der Waals surface area contributed by atoms with Crippen molar-refractivity contribution in [3.63, 3.8) is 0 Å². The predicted molar refractivity (Wildman–Crippen MR) is 534 cm³/mol. The fourth-order valence-corrected chi connectivity index (χ4v) is 25.6. The molecule has 0 radical (unpaired) electrons. The second-order valence-electron chi connectivity index (χ2n) is 44.6. The van der Waals surface area contributed by atoms with E-state index >= 15 is 0 Å². The van der Waals surface area contributed by atoms with Crippen LogP contribution >= 0.6 is 0 Å². The summed E-state index contributed by atoms with van der Waals surface area (Å²) in [6.07, 6.45) is 36.8. The Labute approximate surface area is 844 Å². The molecule has 143 heavy (non-hydrogen) atoms. The smallest absolute Gasteiger partial charge is 0.348 e. The number of carbonyl (C=O) groups excluding carboxylic acids is 4. The van der Waals surface area contributed by atoms with Crippen LogP contribution in [0.15, 0.2) is 72.8 Å². The molecule has 0 aromatic heterocycles. The van der Waals surface area contributed by atoms with Crippen LogP contribution in [-0.2, 0) is 109 Å². The van der Waals surface area contributed by atoms with Gasteiger partial charge in [0.05, 0.1) is 67.8 Å². The lowest BCUT2D eigenvalue weighted by atomic mass is 9.73. The van der Waals surface area contributed by atoms with Gasteiger partial charge in [0.25, 0.3) is 0 Å². The number of aliphatic hydroxyl groups is 8. The number of carboxylic acids is 4. The van der Waals surface area contributed by atoms with E-state index in [1.807, 2.05) is 48.5 Å². The molecular weight excluding hydrogens is 1830 g/mol. The van der Waals surface area contributed by atoms with Gasteiger partial charge in [-0.15, -0.1) is 0 Å². The van der Waals surface area contributed by atoms with Crippen LogP contribution in [0.3, 0.4) is 0 Å². The van der Waals surface area contributed by atoms with Crippen molar-refractivity contribution < 1.29 is 138 Å². The molecular formula is C115H166O28. The number of aliphatic carboxylic acids is 4. The van der Waals surface area contributed by atoms with E-state index in [2.05, 4.69) is 52.0 Å². The van der Waals surface area contributed by atoms with Crippen LogP contribution in [0, 0.1) is 82.9 Å². The Bertz CT molecular complexity index is 4770. The predicted octanol–water partition coefficient (Wildman–Crippen LogP) is 17.1. The minimum atomic E-state index is -1.36. The molecule has 20 atom stereocenters. The average molecular weight is 2000 g/mol. The number of ether oxygens (including phenoxy) is 8. The van der Waals surface area contributed by atoms with Gasteiger partial charge in [-0.3, -0.25) is 14.4 Å². The lowest BCUT2D eigenvalue weighted by Gasteiger charge is -2.32. The second kappa shape index (κ2) is 53.4. The van der Waals surface area contributed by atoms with E-state index in [4.69, 9.17) is 53.2 Å². The third kappa shape index (κ3) is 31.8. The van der Waals surface area contributed by atoms with Crippen molar-refractivity contribution in [2.24, 2.45) is 82.9 Å². The van der Waals surface area contributed by atoms with Crippen LogP contribution in [0.5, 0.6) is 23.0 Å². The molecule has 0 spiro atoms. The fraction of sp³-hybridized carbons (Fsp3) is 0.722. The van der Waals surface area contributed by atoms with Gasteiger partial charge < -0.3 is 99.2 Å². The number of unbranched alkanes of at least 4 members (excludes halogenated alkanes) is 8. The molecule has 4 aromatic carbocycles. The summed E-state index contributed by atoms with van der Waals surface area (Å²) in [5.41, 5.74) is 6.41.